The summed E-state index contributed by atoms with van der Waals surface area (Å²) in [4.78, 5) is 12.4. The van der Waals surface area contributed by atoms with Crippen molar-refractivity contribution < 1.29 is 21.6 Å². The highest BCUT2D eigenvalue weighted by Crippen LogP contribution is 2.31. The van der Waals surface area contributed by atoms with Crippen LogP contribution in [0.5, 0.6) is 0 Å². The summed E-state index contributed by atoms with van der Waals surface area (Å²) in [6, 6.07) is 16.8. The van der Waals surface area contributed by atoms with Gasteiger partial charge in [0.05, 0.1) is 11.5 Å². The first kappa shape index (κ1) is 17.6. The zero-order valence-corrected chi connectivity index (χ0v) is 14.8. The monoisotopic (exact) mass is 379 g/mol. The van der Waals surface area contributed by atoms with Gasteiger partial charge in [-0.1, -0.05) is 48.5 Å². The molecule has 0 radical (unpaired) electrons. The molecule has 0 spiro atoms. The Morgan fingerprint density at radius 1 is 0.800 bits per heavy atom. The quantitative estimate of drug-likeness (QED) is 0.873. The first-order chi connectivity index (χ1) is 11.8. The van der Waals surface area contributed by atoms with Crippen molar-refractivity contribution in [3.8, 4) is 0 Å². The van der Waals surface area contributed by atoms with E-state index in [-0.39, 0.29) is 11.5 Å². The van der Waals surface area contributed by atoms with Gasteiger partial charge >= 0.3 is 0 Å². The van der Waals surface area contributed by atoms with Gasteiger partial charge in [0.1, 0.15) is 0 Å². The van der Waals surface area contributed by atoms with Crippen LogP contribution in [0, 0.1) is 0 Å². The van der Waals surface area contributed by atoms with Gasteiger partial charge in [-0.3, -0.25) is 4.79 Å². The van der Waals surface area contributed by atoms with E-state index in [0.717, 1.165) is 0 Å². The minimum Gasteiger partial charge on any atom is -0.324 e. The minimum atomic E-state index is -4.15. The number of benzene rings is 2. The Morgan fingerprint density at radius 3 is 1.80 bits per heavy atom. The summed E-state index contributed by atoms with van der Waals surface area (Å²) >= 11 is 0. The fourth-order valence-corrected chi connectivity index (χ4v) is 8.24. The smallest absolute Gasteiger partial charge is 0.258 e. The summed E-state index contributed by atoms with van der Waals surface area (Å²) in [5.41, 5.74) is 0.986. The normalized spacial score (nSPS) is 24.3. The molecule has 6 nitrogen and oxygen atoms in total. The van der Waals surface area contributed by atoms with Crippen LogP contribution in [-0.2, 0) is 24.5 Å². The second-order valence-electron chi connectivity index (χ2n) is 5.95. The maximum Gasteiger partial charge on any atom is 0.258 e. The molecule has 0 unspecified atom stereocenters. The van der Waals surface area contributed by atoms with E-state index < -0.39 is 36.1 Å². The lowest BCUT2D eigenvalue weighted by atomic mass is 10.0. The summed E-state index contributed by atoms with van der Waals surface area (Å²) in [6.07, 6.45) is 0. The summed E-state index contributed by atoms with van der Waals surface area (Å²) in [6.45, 7) is 0. The van der Waals surface area contributed by atoms with Crippen molar-refractivity contribution in [2.45, 2.75) is 10.5 Å². The predicted octanol–water partition coefficient (Wildman–Crippen LogP) is 1.58. The lowest BCUT2D eigenvalue weighted by Crippen LogP contribution is -2.49. The third kappa shape index (κ3) is 3.74. The largest absolute Gasteiger partial charge is 0.324 e. The van der Waals surface area contributed by atoms with E-state index in [2.05, 4.69) is 5.32 Å². The van der Waals surface area contributed by atoms with Crippen molar-refractivity contribution in [2.75, 3.05) is 16.8 Å². The van der Waals surface area contributed by atoms with Crippen molar-refractivity contribution >= 4 is 31.3 Å². The number of carbonyl (C=O) groups is 1. The van der Waals surface area contributed by atoms with Crippen LogP contribution in [0.1, 0.15) is 11.5 Å². The van der Waals surface area contributed by atoms with Gasteiger partial charge < -0.3 is 5.32 Å². The van der Waals surface area contributed by atoms with E-state index in [4.69, 9.17) is 0 Å². The third-order valence-electron chi connectivity index (χ3n) is 4.05. The highest BCUT2D eigenvalue weighted by molar-refractivity contribution is 8.10. The highest BCUT2D eigenvalue weighted by atomic mass is 32.3. The number of para-hydroxylation sites is 1. The molecule has 0 aliphatic carbocycles. The Hall–Kier alpha value is -2.19. The maximum absolute atomic E-state index is 12.6. The van der Waals surface area contributed by atoms with Gasteiger partial charge in [-0.2, -0.15) is 0 Å². The Kier molecular flexibility index (Phi) is 4.66. The molecular weight excluding hydrogens is 362 g/mol. The molecule has 132 valence electrons. The second-order valence-corrected chi connectivity index (χ2v) is 10.5. The number of rotatable bonds is 3. The summed E-state index contributed by atoms with van der Waals surface area (Å²) in [5.74, 6) is -2.44. The fraction of sp³-hybridized carbons (Fsp3) is 0.235. The van der Waals surface area contributed by atoms with Crippen molar-refractivity contribution in [3.05, 3.63) is 66.2 Å². The van der Waals surface area contributed by atoms with Gasteiger partial charge in [0.25, 0.3) is 5.91 Å². The number of amides is 1. The zero-order valence-electron chi connectivity index (χ0n) is 13.2. The molecule has 1 aliphatic rings. The van der Waals surface area contributed by atoms with Gasteiger partial charge in [-0.05, 0) is 17.7 Å². The molecule has 1 N–H and O–H groups in total. The molecular formula is C17H17NO5S2. The van der Waals surface area contributed by atoms with Crippen LogP contribution in [0.15, 0.2) is 60.7 Å². The Bertz CT molecular complexity index is 934. The Morgan fingerprint density at radius 2 is 1.28 bits per heavy atom. The Balaban J connectivity index is 1.90. The molecule has 25 heavy (non-hydrogen) atoms. The molecule has 0 bridgehead atoms. The summed E-state index contributed by atoms with van der Waals surface area (Å²) < 4.78 is 48.2. The highest BCUT2D eigenvalue weighted by Gasteiger charge is 2.50. The van der Waals surface area contributed by atoms with E-state index in [1.54, 1.807) is 60.7 Å². The average molecular weight is 379 g/mol. The molecule has 1 fully saturated rings. The van der Waals surface area contributed by atoms with Crippen molar-refractivity contribution in [1.29, 1.82) is 0 Å². The average Bonchev–Trinajstić information content (AvgIpc) is 2.54. The molecule has 1 amide bonds. The molecule has 2 aromatic rings. The summed E-state index contributed by atoms with van der Waals surface area (Å²) in [7, 11) is -8.30. The molecule has 8 heteroatoms. The molecule has 0 aromatic heterocycles. The van der Waals surface area contributed by atoms with Gasteiger partial charge in [0.15, 0.2) is 19.7 Å². The number of sulfone groups is 2. The first-order valence-corrected chi connectivity index (χ1v) is 11.1. The van der Waals surface area contributed by atoms with Gasteiger partial charge in [0, 0.05) is 11.6 Å². The fourth-order valence-electron chi connectivity index (χ4n) is 2.97. The topological polar surface area (TPSA) is 97.4 Å². The molecule has 1 heterocycles. The van der Waals surface area contributed by atoms with E-state index in [9.17, 15) is 21.6 Å². The van der Waals surface area contributed by atoms with Crippen LogP contribution >= 0.6 is 0 Å². The minimum absolute atomic E-state index is 0.350. The molecule has 1 aliphatic heterocycles. The molecule has 0 saturated carbocycles. The van der Waals surface area contributed by atoms with Gasteiger partial charge in [-0.25, -0.2) is 16.8 Å². The molecule has 2 aromatic carbocycles. The number of anilines is 1. The number of hydrogen-bond donors (Lipinski definition) is 1. The molecule has 3 rings (SSSR count). The second kappa shape index (κ2) is 6.61. The van der Waals surface area contributed by atoms with E-state index in [0.29, 0.717) is 11.3 Å². The van der Waals surface area contributed by atoms with Crippen LogP contribution in [0.3, 0.4) is 0 Å². The molecule has 0 atom stereocenters. The third-order valence-corrected chi connectivity index (χ3v) is 9.27. The van der Waals surface area contributed by atoms with Crippen molar-refractivity contribution in [1.82, 2.24) is 0 Å². The van der Waals surface area contributed by atoms with Crippen LogP contribution in [-0.4, -0.2) is 38.8 Å². The van der Waals surface area contributed by atoms with Crippen LogP contribution in [0.2, 0.25) is 0 Å². The standard InChI is InChI=1S/C17H17NO5S2/c19-16(18-15-9-5-2-6-10-15)17-24(20,21)11-14(12-25(17,22)23)13-7-3-1-4-8-13/h1-10,14,17H,11-12H2,(H,18,19). The van der Waals surface area contributed by atoms with Crippen LogP contribution in [0.4, 0.5) is 5.69 Å². The molecule has 1 saturated heterocycles. The number of nitrogens with one attached hydrogen (secondary N) is 1. The summed E-state index contributed by atoms with van der Waals surface area (Å²) in [5, 5.41) is 2.38. The Labute approximate surface area is 146 Å². The van der Waals surface area contributed by atoms with Gasteiger partial charge in [-0.15, -0.1) is 0 Å². The maximum atomic E-state index is 12.6. The number of hydrogen-bond acceptors (Lipinski definition) is 5. The predicted molar refractivity (Wildman–Crippen MR) is 95.6 cm³/mol. The van der Waals surface area contributed by atoms with Crippen molar-refractivity contribution in [2.24, 2.45) is 0 Å². The van der Waals surface area contributed by atoms with Crippen LogP contribution in [0.25, 0.3) is 0 Å². The van der Waals surface area contributed by atoms with E-state index in [1.807, 2.05) is 0 Å². The van der Waals surface area contributed by atoms with E-state index in [1.165, 1.54) is 0 Å². The lowest BCUT2D eigenvalue weighted by molar-refractivity contribution is -0.114. The zero-order chi connectivity index (χ0) is 18.1. The van der Waals surface area contributed by atoms with Crippen molar-refractivity contribution in [3.63, 3.8) is 0 Å². The van der Waals surface area contributed by atoms with Gasteiger partial charge in [0.2, 0.25) is 4.58 Å². The number of carbonyl (C=O) groups excluding carboxylic acids is 1. The van der Waals surface area contributed by atoms with E-state index >= 15 is 0 Å². The first-order valence-electron chi connectivity index (χ1n) is 7.63. The van der Waals surface area contributed by atoms with Crippen LogP contribution < -0.4 is 5.32 Å². The SMILES string of the molecule is O=C(Nc1ccccc1)C1S(=O)(=O)CC(c2ccccc2)CS1(=O)=O. The lowest BCUT2D eigenvalue weighted by Gasteiger charge is -2.28.